The van der Waals surface area contributed by atoms with Crippen molar-refractivity contribution in [2.24, 2.45) is 5.73 Å². The molecule has 0 aliphatic heterocycles. The van der Waals surface area contributed by atoms with Gasteiger partial charge in [-0.15, -0.1) is 11.6 Å². The first-order valence-corrected chi connectivity index (χ1v) is 4.51. The number of hydrogen-bond acceptors (Lipinski definition) is 3. The van der Waals surface area contributed by atoms with Crippen LogP contribution in [0.5, 0.6) is 0 Å². The number of primary amides is 1. The maximum Gasteiger partial charge on any atom is 0.322 e. The molecule has 0 saturated carbocycles. The Balaban J connectivity index is 0. The molecule has 5 nitrogen and oxygen atoms in total. The van der Waals surface area contributed by atoms with Gasteiger partial charge < -0.3 is 10.8 Å². The SMILES string of the molecule is CCSNC(N)=O.O=C(O)CCl. The van der Waals surface area contributed by atoms with E-state index in [4.69, 9.17) is 22.4 Å². The summed E-state index contributed by atoms with van der Waals surface area (Å²) >= 11 is 6.03. The van der Waals surface area contributed by atoms with Crippen LogP contribution < -0.4 is 10.5 Å². The summed E-state index contributed by atoms with van der Waals surface area (Å²) in [6.07, 6.45) is 0. The van der Waals surface area contributed by atoms with Gasteiger partial charge in [0.25, 0.3) is 0 Å². The number of nitrogens with two attached hydrogens (primary N) is 1. The fourth-order valence-corrected chi connectivity index (χ4v) is 0.430. The van der Waals surface area contributed by atoms with Crippen molar-refractivity contribution in [3.63, 3.8) is 0 Å². The Bertz CT molecular complexity index is 145. The molecule has 0 bridgehead atoms. The average Bonchev–Trinajstić information content (AvgIpc) is 2.02. The van der Waals surface area contributed by atoms with Gasteiger partial charge >= 0.3 is 12.0 Å². The summed E-state index contributed by atoms with van der Waals surface area (Å²) in [6.45, 7) is 1.93. The van der Waals surface area contributed by atoms with Gasteiger partial charge in [0.05, 0.1) is 0 Å². The Kier molecular flexibility index (Phi) is 12.1. The molecule has 0 aromatic carbocycles. The van der Waals surface area contributed by atoms with Crippen LogP contribution in [-0.4, -0.2) is 28.7 Å². The number of carbonyl (C=O) groups excluding carboxylic acids is 1. The summed E-state index contributed by atoms with van der Waals surface area (Å²) in [7, 11) is 0. The second-order valence-electron chi connectivity index (χ2n) is 1.43. The zero-order chi connectivity index (χ0) is 9.98. The third kappa shape index (κ3) is 22.8. The third-order valence-corrected chi connectivity index (χ3v) is 1.29. The molecule has 12 heavy (non-hydrogen) atoms. The van der Waals surface area contributed by atoms with E-state index in [1.165, 1.54) is 11.9 Å². The molecule has 7 heteroatoms. The number of rotatable bonds is 3. The number of alkyl halides is 1. The second kappa shape index (κ2) is 10.4. The second-order valence-corrected chi connectivity index (χ2v) is 2.76. The van der Waals surface area contributed by atoms with E-state index in [-0.39, 0.29) is 5.88 Å². The zero-order valence-corrected chi connectivity index (χ0v) is 8.11. The van der Waals surface area contributed by atoms with Gasteiger partial charge in [-0.05, 0) is 11.9 Å². The molecule has 0 fully saturated rings. The standard InChI is InChI=1S/C3H8N2OS.C2H3ClO2/c1-2-7-5-3(4)6;3-1-2(4)5/h2H2,1H3,(H3,4,5,6);1H2,(H,4,5). The van der Waals surface area contributed by atoms with Crippen LogP contribution in [0.3, 0.4) is 0 Å². The van der Waals surface area contributed by atoms with Gasteiger partial charge in [0.2, 0.25) is 0 Å². The van der Waals surface area contributed by atoms with Crippen molar-refractivity contribution in [1.29, 1.82) is 0 Å². The molecule has 0 unspecified atom stereocenters. The normalized spacial score (nSPS) is 7.83. The van der Waals surface area contributed by atoms with Gasteiger partial charge in [0.15, 0.2) is 0 Å². The zero-order valence-electron chi connectivity index (χ0n) is 6.54. The minimum Gasteiger partial charge on any atom is -0.480 e. The lowest BCUT2D eigenvalue weighted by atomic mass is 10.8. The largest absolute Gasteiger partial charge is 0.480 e. The van der Waals surface area contributed by atoms with Gasteiger partial charge in [-0.3, -0.25) is 9.52 Å². The van der Waals surface area contributed by atoms with E-state index < -0.39 is 12.0 Å². The fourth-order valence-electron chi connectivity index (χ4n) is 0.143. The summed E-state index contributed by atoms with van der Waals surface area (Å²) in [5, 5.41) is 7.59. The Labute approximate surface area is 79.8 Å². The molecule has 2 amide bonds. The van der Waals surface area contributed by atoms with Crippen LogP contribution in [-0.2, 0) is 4.79 Å². The molecule has 0 spiro atoms. The van der Waals surface area contributed by atoms with Crippen molar-refractivity contribution < 1.29 is 14.7 Å². The molecule has 4 N–H and O–H groups in total. The minimum atomic E-state index is -0.980. The van der Waals surface area contributed by atoms with Crippen LogP contribution in [0.15, 0.2) is 0 Å². The van der Waals surface area contributed by atoms with Crippen molar-refractivity contribution in [1.82, 2.24) is 4.72 Å². The van der Waals surface area contributed by atoms with E-state index in [1.54, 1.807) is 0 Å². The highest BCUT2D eigenvalue weighted by atomic mass is 35.5. The van der Waals surface area contributed by atoms with Crippen molar-refractivity contribution >= 4 is 35.5 Å². The predicted molar refractivity (Wildman–Crippen MR) is 49.2 cm³/mol. The Morgan fingerprint density at radius 3 is 2.17 bits per heavy atom. The van der Waals surface area contributed by atoms with Crippen molar-refractivity contribution in [3.8, 4) is 0 Å². The maximum atomic E-state index is 9.85. The van der Waals surface area contributed by atoms with Crippen LogP contribution in [0.25, 0.3) is 0 Å². The lowest BCUT2D eigenvalue weighted by Crippen LogP contribution is -2.22. The Morgan fingerprint density at radius 1 is 1.67 bits per heavy atom. The highest BCUT2D eigenvalue weighted by molar-refractivity contribution is 7.97. The number of halogens is 1. The van der Waals surface area contributed by atoms with Crippen LogP contribution >= 0.6 is 23.5 Å². The van der Waals surface area contributed by atoms with Gasteiger partial charge in [-0.25, -0.2) is 4.79 Å². The first kappa shape index (κ1) is 13.9. The lowest BCUT2D eigenvalue weighted by Gasteiger charge is -1.92. The van der Waals surface area contributed by atoms with Gasteiger partial charge in [-0.2, -0.15) is 0 Å². The first-order chi connectivity index (χ1) is 5.54. The Hall–Kier alpha value is -0.620. The molecule has 72 valence electrons. The van der Waals surface area contributed by atoms with E-state index >= 15 is 0 Å². The quantitative estimate of drug-likeness (QED) is 0.475. The van der Waals surface area contributed by atoms with Crippen molar-refractivity contribution in [3.05, 3.63) is 0 Å². The van der Waals surface area contributed by atoms with Crippen LogP contribution in [0.2, 0.25) is 0 Å². The molecule has 0 atom stereocenters. The van der Waals surface area contributed by atoms with Crippen molar-refractivity contribution in [2.75, 3.05) is 11.6 Å². The molecule has 0 aliphatic carbocycles. The molecule has 0 radical (unpaired) electrons. The number of hydrogen-bond donors (Lipinski definition) is 3. The number of nitrogens with one attached hydrogen (secondary N) is 1. The molecule has 0 heterocycles. The number of carbonyl (C=O) groups is 2. The van der Waals surface area contributed by atoms with Gasteiger partial charge in [-0.1, -0.05) is 6.92 Å². The van der Waals surface area contributed by atoms with Crippen LogP contribution in [0, 0.1) is 0 Å². The minimum absolute atomic E-state index is 0.306. The van der Waals surface area contributed by atoms with E-state index in [0.29, 0.717) is 0 Å². The summed E-state index contributed by atoms with van der Waals surface area (Å²) < 4.78 is 2.35. The predicted octanol–water partition coefficient (Wildman–Crippen LogP) is 0.633. The van der Waals surface area contributed by atoms with Gasteiger partial charge in [0, 0.05) is 5.75 Å². The number of amides is 2. The molecule has 0 saturated heterocycles. The number of carboxylic acids is 1. The Morgan fingerprint density at radius 2 is 2.08 bits per heavy atom. The topological polar surface area (TPSA) is 92.4 Å². The number of carboxylic acid groups (broad SMARTS) is 1. The number of urea groups is 1. The summed E-state index contributed by atoms with van der Waals surface area (Å²) in [5.74, 6) is -0.435. The third-order valence-electron chi connectivity index (χ3n) is 0.431. The van der Waals surface area contributed by atoms with E-state index in [1.807, 2.05) is 6.92 Å². The molecule has 0 aliphatic rings. The van der Waals surface area contributed by atoms with E-state index in [9.17, 15) is 9.59 Å². The highest BCUT2D eigenvalue weighted by Gasteiger charge is 1.84. The number of aliphatic carboxylic acids is 1. The molecule has 0 aromatic heterocycles. The fraction of sp³-hybridized carbons (Fsp3) is 0.600. The summed E-state index contributed by atoms with van der Waals surface area (Å²) in [5.41, 5.74) is 4.71. The van der Waals surface area contributed by atoms with E-state index in [0.717, 1.165) is 5.75 Å². The van der Waals surface area contributed by atoms with Gasteiger partial charge in [0.1, 0.15) is 5.88 Å². The van der Waals surface area contributed by atoms with E-state index in [2.05, 4.69) is 4.72 Å². The molecule has 0 aromatic rings. The smallest absolute Gasteiger partial charge is 0.322 e. The molecular weight excluding hydrogens is 204 g/mol. The van der Waals surface area contributed by atoms with Crippen LogP contribution in [0.1, 0.15) is 6.92 Å². The maximum absolute atomic E-state index is 9.85. The van der Waals surface area contributed by atoms with Crippen molar-refractivity contribution in [2.45, 2.75) is 6.92 Å². The molecule has 0 rings (SSSR count). The average molecular weight is 215 g/mol. The lowest BCUT2D eigenvalue weighted by molar-refractivity contribution is -0.134. The summed E-state index contributed by atoms with van der Waals surface area (Å²) in [4.78, 5) is 19.1. The summed E-state index contributed by atoms with van der Waals surface area (Å²) in [6, 6.07) is -0.480. The van der Waals surface area contributed by atoms with Crippen LogP contribution in [0.4, 0.5) is 4.79 Å². The highest BCUT2D eigenvalue weighted by Crippen LogP contribution is 1.86. The first-order valence-electron chi connectivity index (χ1n) is 2.99. The monoisotopic (exact) mass is 214 g/mol. The molecular formula is C5H11ClN2O3S.